The van der Waals surface area contributed by atoms with E-state index in [1.165, 1.54) is 12.5 Å². The smallest absolute Gasteiger partial charge is 0.308 e. The van der Waals surface area contributed by atoms with Gasteiger partial charge in [-0.05, 0) is 35.2 Å². The third kappa shape index (κ3) is 3.83. The van der Waals surface area contributed by atoms with Gasteiger partial charge in [-0.15, -0.1) is 0 Å². The van der Waals surface area contributed by atoms with Crippen molar-refractivity contribution in [3.63, 3.8) is 0 Å². The fourth-order valence-corrected chi connectivity index (χ4v) is 3.71. The highest BCUT2D eigenvalue weighted by Gasteiger charge is 2.26. The van der Waals surface area contributed by atoms with Crippen LogP contribution in [-0.2, 0) is 17.8 Å². The third-order valence-electron chi connectivity index (χ3n) is 5.03. The highest BCUT2D eigenvalue weighted by molar-refractivity contribution is 5.88. The summed E-state index contributed by atoms with van der Waals surface area (Å²) < 4.78 is 23.9. The standard InChI is InChI=1S/C22H22NO5.HI/c1-13(24)28-22-10-16-12-23-6-5-14-8-19(25-2)21(27-4)11-17(14)18(23)7-15(16)9-20(22)26-3;/h7-12H,5-6H2,1-4H3;1H/q+1;/p-1. The van der Waals surface area contributed by atoms with Gasteiger partial charge in [-0.2, -0.15) is 4.57 Å². The molecule has 2 aromatic carbocycles. The third-order valence-corrected chi connectivity index (χ3v) is 5.03. The molecule has 0 amide bonds. The molecule has 6 nitrogen and oxygen atoms in total. The molecule has 0 N–H and O–H groups in total. The van der Waals surface area contributed by atoms with Gasteiger partial charge in [0.05, 0.1) is 26.9 Å². The van der Waals surface area contributed by atoms with Crippen LogP contribution in [0.25, 0.3) is 22.0 Å². The summed E-state index contributed by atoms with van der Waals surface area (Å²) in [7, 11) is 4.85. The number of nitrogens with zero attached hydrogens (tertiary/aromatic N) is 1. The van der Waals surface area contributed by atoms with E-state index in [0.717, 1.165) is 40.7 Å². The number of aryl methyl sites for hydroxylation is 2. The summed E-state index contributed by atoms with van der Waals surface area (Å²) >= 11 is 0. The first kappa shape index (κ1) is 21.2. The Morgan fingerprint density at radius 1 is 0.862 bits per heavy atom. The van der Waals surface area contributed by atoms with Gasteiger partial charge in [0.2, 0.25) is 5.69 Å². The molecule has 3 aromatic rings. The number of pyridine rings is 1. The summed E-state index contributed by atoms with van der Waals surface area (Å²) in [5.74, 6) is 2.01. The number of rotatable bonds is 4. The first-order chi connectivity index (χ1) is 13.5. The van der Waals surface area contributed by atoms with Gasteiger partial charge in [-0.3, -0.25) is 4.79 Å². The van der Waals surface area contributed by atoms with Gasteiger partial charge in [0.25, 0.3) is 0 Å². The van der Waals surface area contributed by atoms with E-state index in [2.05, 4.69) is 16.8 Å². The van der Waals surface area contributed by atoms with Crippen molar-refractivity contribution < 1.29 is 52.3 Å². The lowest BCUT2D eigenvalue weighted by Crippen LogP contribution is -3.00. The van der Waals surface area contributed by atoms with Crippen LogP contribution in [0, 0.1) is 0 Å². The molecular weight excluding hydrogens is 485 g/mol. The van der Waals surface area contributed by atoms with E-state index in [1.807, 2.05) is 24.3 Å². The number of carbonyl (C=O) groups excluding carboxylic acids is 1. The summed E-state index contributed by atoms with van der Waals surface area (Å²) in [6.07, 6.45) is 2.97. The van der Waals surface area contributed by atoms with E-state index in [9.17, 15) is 4.79 Å². The molecule has 0 saturated heterocycles. The van der Waals surface area contributed by atoms with Crippen LogP contribution < -0.4 is 47.5 Å². The second-order valence-corrected chi connectivity index (χ2v) is 6.69. The average Bonchev–Trinajstić information content (AvgIpc) is 2.70. The molecule has 0 atom stereocenters. The number of ether oxygens (including phenoxy) is 4. The predicted octanol–water partition coefficient (Wildman–Crippen LogP) is 0.306. The minimum absolute atomic E-state index is 0. The molecule has 152 valence electrons. The van der Waals surface area contributed by atoms with Crippen LogP contribution in [0.15, 0.2) is 36.5 Å². The quantitative estimate of drug-likeness (QED) is 0.220. The number of aromatic nitrogens is 1. The van der Waals surface area contributed by atoms with Crippen molar-refractivity contribution in [3.8, 4) is 34.3 Å². The lowest BCUT2D eigenvalue weighted by Gasteiger charge is -2.18. The predicted molar refractivity (Wildman–Crippen MR) is 104 cm³/mol. The second kappa shape index (κ2) is 8.44. The molecule has 0 spiro atoms. The van der Waals surface area contributed by atoms with Crippen molar-refractivity contribution in [2.45, 2.75) is 19.9 Å². The van der Waals surface area contributed by atoms with Gasteiger partial charge >= 0.3 is 5.97 Å². The Hall–Kier alpha value is -2.55. The molecule has 0 fully saturated rings. The Morgan fingerprint density at radius 3 is 2.14 bits per heavy atom. The van der Waals surface area contributed by atoms with Gasteiger partial charge in [0.15, 0.2) is 35.7 Å². The molecule has 7 heteroatoms. The highest BCUT2D eigenvalue weighted by Crippen LogP contribution is 2.38. The van der Waals surface area contributed by atoms with Crippen LogP contribution >= 0.6 is 0 Å². The zero-order valence-electron chi connectivity index (χ0n) is 16.7. The largest absolute Gasteiger partial charge is 1.00 e. The van der Waals surface area contributed by atoms with Crippen molar-refractivity contribution in [2.75, 3.05) is 21.3 Å². The number of esters is 1. The maximum atomic E-state index is 11.4. The Morgan fingerprint density at radius 2 is 1.48 bits per heavy atom. The average molecular weight is 507 g/mol. The number of carbonyl (C=O) groups is 1. The van der Waals surface area contributed by atoms with Crippen LogP contribution in [0.4, 0.5) is 0 Å². The molecule has 29 heavy (non-hydrogen) atoms. The molecule has 1 aliphatic rings. The second-order valence-electron chi connectivity index (χ2n) is 6.69. The molecule has 4 rings (SSSR count). The van der Waals surface area contributed by atoms with Gasteiger partial charge in [-0.1, -0.05) is 0 Å². The monoisotopic (exact) mass is 507 g/mol. The Kier molecular flexibility index (Phi) is 6.16. The van der Waals surface area contributed by atoms with Crippen LogP contribution in [0.3, 0.4) is 0 Å². The van der Waals surface area contributed by atoms with E-state index in [1.54, 1.807) is 21.3 Å². The minimum atomic E-state index is -0.377. The number of hydrogen-bond acceptors (Lipinski definition) is 5. The first-order valence-electron chi connectivity index (χ1n) is 9.03. The minimum Gasteiger partial charge on any atom is -1.00 e. The van der Waals surface area contributed by atoms with Crippen molar-refractivity contribution >= 4 is 16.7 Å². The van der Waals surface area contributed by atoms with Crippen molar-refractivity contribution in [1.29, 1.82) is 0 Å². The molecule has 0 aliphatic carbocycles. The van der Waals surface area contributed by atoms with Crippen LogP contribution in [-0.4, -0.2) is 27.3 Å². The molecule has 0 saturated carbocycles. The molecule has 0 radical (unpaired) electrons. The van der Waals surface area contributed by atoms with E-state index in [0.29, 0.717) is 17.2 Å². The number of hydrogen-bond donors (Lipinski definition) is 0. The van der Waals surface area contributed by atoms with Crippen LogP contribution in [0.5, 0.6) is 23.0 Å². The fraction of sp³-hybridized carbons (Fsp3) is 0.273. The summed E-state index contributed by atoms with van der Waals surface area (Å²) in [5.41, 5.74) is 3.44. The topological polar surface area (TPSA) is 57.9 Å². The normalized spacial score (nSPS) is 11.7. The van der Waals surface area contributed by atoms with Gasteiger partial charge in [0, 0.05) is 24.8 Å². The lowest BCUT2D eigenvalue weighted by molar-refractivity contribution is -0.686. The van der Waals surface area contributed by atoms with E-state index >= 15 is 0 Å². The Balaban J connectivity index is 0.00000240. The number of methoxy groups -OCH3 is 3. The Bertz CT molecular complexity index is 1100. The summed E-state index contributed by atoms with van der Waals surface area (Å²) in [6.45, 7) is 2.23. The fourth-order valence-electron chi connectivity index (χ4n) is 3.71. The molecule has 2 heterocycles. The zero-order valence-corrected chi connectivity index (χ0v) is 18.9. The molecule has 0 bridgehead atoms. The number of fused-ring (bicyclic) bond motifs is 4. The highest BCUT2D eigenvalue weighted by atomic mass is 127. The summed E-state index contributed by atoms with van der Waals surface area (Å²) in [6, 6.07) is 9.93. The van der Waals surface area contributed by atoms with Crippen molar-refractivity contribution in [3.05, 3.63) is 42.1 Å². The Labute approximate surface area is 186 Å². The van der Waals surface area contributed by atoms with Gasteiger partial charge in [0.1, 0.15) is 0 Å². The lowest BCUT2D eigenvalue weighted by atomic mass is 9.95. The van der Waals surface area contributed by atoms with Gasteiger partial charge < -0.3 is 42.9 Å². The van der Waals surface area contributed by atoms with Gasteiger partial charge in [-0.25, -0.2) is 0 Å². The summed E-state index contributed by atoms with van der Waals surface area (Å²) in [4.78, 5) is 11.4. The maximum absolute atomic E-state index is 11.4. The molecule has 1 aliphatic heterocycles. The zero-order chi connectivity index (χ0) is 19.8. The first-order valence-corrected chi connectivity index (χ1v) is 9.03. The number of benzene rings is 2. The van der Waals surface area contributed by atoms with Crippen LogP contribution in [0.2, 0.25) is 0 Å². The molecular formula is C22H22INO5. The molecule has 1 aromatic heterocycles. The van der Waals surface area contributed by atoms with E-state index < -0.39 is 0 Å². The number of halogens is 1. The van der Waals surface area contributed by atoms with E-state index in [4.69, 9.17) is 18.9 Å². The van der Waals surface area contributed by atoms with E-state index in [-0.39, 0.29) is 29.9 Å². The molecule has 0 unspecified atom stereocenters. The van der Waals surface area contributed by atoms with Crippen molar-refractivity contribution in [1.82, 2.24) is 0 Å². The SMILES string of the molecule is COc1cc2c(cc1OC)-c1cc3cc(OC)c(OC(C)=O)cc3c[n+]1CC2.[I-]. The van der Waals surface area contributed by atoms with Crippen LogP contribution in [0.1, 0.15) is 12.5 Å². The maximum Gasteiger partial charge on any atom is 0.308 e. The summed E-state index contributed by atoms with van der Waals surface area (Å²) in [5, 5.41) is 1.98. The van der Waals surface area contributed by atoms with Crippen molar-refractivity contribution in [2.24, 2.45) is 0 Å².